The van der Waals surface area contributed by atoms with Crippen molar-refractivity contribution in [3.63, 3.8) is 0 Å². The fourth-order valence-corrected chi connectivity index (χ4v) is 2.48. The number of hydrogen-bond acceptors (Lipinski definition) is 3. The van der Waals surface area contributed by atoms with Crippen molar-refractivity contribution >= 4 is 16.9 Å². The van der Waals surface area contributed by atoms with Gasteiger partial charge >= 0.3 is 0 Å². The predicted molar refractivity (Wildman–Crippen MR) is 78.5 cm³/mol. The maximum Gasteiger partial charge on any atom is 0.242 e. The summed E-state index contributed by atoms with van der Waals surface area (Å²) in [5.41, 5.74) is 1.53. The summed E-state index contributed by atoms with van der Waals surface area (Å²) in [7, 11) is 1.81. The molecule has 0 radical (unpaired) electrons. The van der Waals surface area contributed by atoms with Crippen molar-refractivity contribution in [2.45, 2.75) is 31.1 Å². The second kappa shape index (κ2) is 5.21. The van der Waals surface area contributed by atoms with E-state index in [9.17, 15) is 4.79 Å². The van der Waals surface area contributed by atoms with Gasteiger partial charge in [-0.25, -0.2) is 0 Å². The molecule has 0 aliphatic heterocycles. The third-order valence-electron chi connectivity index (χ3n) is 2.81. The molecule has 100 valence electrons. The molecule has 0 amide bonds. The molecule has 0 atom stereocenters. The molecule has 19 heavy (non-hydrogen) atoms. The summed E-state index contributed by atoms with van der Waals surface area (Å²) in [5.74, 6) is 0. The van der Waals surface area contributed by atoms with Crippen LogP contribution in [0.1, 0.15) is 37.0 Å². The Bertz CT molecular complexity index is 582. The minimum atomic E-state index is -0.0479. The molecule has 0 unspecified atom stereocenters. The number of rotatable bonds is 2. The SMILES string of the molecule is Cn1nc(C(C)(C)C)cc1C(=O)Sc1ccccc1. The zero-order valence-electron chi connectivity index (χ0n) is 11.7. The first-order chi connectivity index (χ1) is 8.88. The number of nitrogens with zero attached hydrogens (tertiary/aromatic N) is 2. The first-order valence-electron chi connectivity index (χ1n) is 6.19. The van der Waals surface area contributed by atoms with Crippen LogP contribution in [0, 0.1) is 0 Å². The van der Waals surface area contributed by atoms with Gasteiger partial charge in [0, 0.05) is 17.4 Å². The number of carbonyl (C=O) groups excluding carboxylic acids is 1. The Morgan fingerprint density at radius 2 is 1.84 bits per heavy atom. The van der Waals surface area contributed by atoms with Crippen LogP contribution >= 0.6 is 11.8 Å². The standard InChI is InChI=1S/C15H18N2OS/c1-15(2,3)13-10-12(17(4)16-13)14(18)19-11-8-6-5-7-9-11/h5-10H,1-4H3. The van der Waals surface area contributed by atoms with Crippen molar-refractivity contribution in [2.24, 2.45) is 7.05 Å². The van der Waals surface area contributed by atoms with Gasteiger partial charge in [0.15, 0.2) is 0 Å². The van der Waals surface area contributed by atoms with Gasteiger partial charge in [-0.2, -0.15) is 5.10 Å². The van der Waals surface area contributed by atoms with Gasteiger partial charge in [-0.05, 0) is 30.0 Å². The minimum absolute atomic E-state index is 0.0247. The van der Waals surface area contributed by atoms with E-state index in [0.29, 0.717) is 5.69 Å². The van der Waals surface area contributed by atoms with E-state index in [-0.39, 0.29) is 10.5 Å². The molecular formula is C15H18N2OS. The number of thioether (sulfide) groups is 1. The van der Waals surface area contributed by atoms with Gasteiger partial charge in [-0.3, -0.25) is 9.48 Å². The zero-order valence-corrected chi connectivity index (χ0v) is 12.5. The number of hydrogen-bond donors (Lipinski definition) is 0. The third kappa shape index (κ3) is 3.26. The Kier molecular flexibility index (Phi) is 3.80. The van der Waals surface area contributed by atoms with Gasteiger partial charge in [0.25, 0.3) is 0 Å². The summed E-state index contributed by atoms with van der Waals surface area (Å²) in [6.07, 6.45) is 0. The molecule has 4 heteroatoms. The van der Waals surface area contributed by atoms with Gasteiger partial charge in [0.1, 0.15) is 5.69 Å². The van der Waals surface area contributed by atoms with Crippen LogP contribution in [0.5, 0.6) is 0 Å². The molecule has 0 bridgehead atoms. The summed E-state index contributed by atoms with van der Waals surface area (Å²) < 4.78 is 1.67. The quantitative estimate of drug-likeness (QED) is 0.784. The van der Waals surface area contributed by atoms with Crippen LogP contribution in [0.4, 0.5) is 0 Å². The fraction of sp³-hybridized carbons (Fsp3) is 0.333. The van der Waals surface area contributed by atoms with Crippen molar-refractivity contribution in [1.29, 1.82) is 0 Å². The van der Waals surface area contributed by atoms with Crippen molar-refractivity contribution in [3.8, 4) is 0 Å². The summed E-state index contributed by atoms with van der Waals surface area (Å²) in [6.45, 7) is 6.27. The Morgan fingerprint density at radius 1 is 1.21 bits per heavy atom. The van der Waals surface area contributed by atoms with Crippen molar-refractivity contribution in [1.82, 2.24) is 9.78 Å². The predicted octanol–water partition coefficient (Wildman–Crippen LogP) is 3.65. The molecule has 1 heterocycles. The molecule has 2 rings (SSSR count). The number of benzene rings is 1. The molecular weight excluding hydrogens is 256 g/mol. The van der Waals surface area contributed by atoms with Gasteiger partial charge in [-0.1, -0.05) is 39.0 Å². The van der Waals surface area contributed by atoms with Crippen LogP contribution in [0.3, 0.4) is 0 Å². The van der Waals surface area contributed by atoms with Crippen LogP contribution in [0.2, 0.25) is 0 Å². The fourth-order valence-electron chi connectivity index (χ4n) is 1.67. The lowest BCUT2D eigenvalue weighted by Crippen LogP contribution is -2.12. The topological polar surface area (TPSA) is 34.9 Å². The van der Waals surface area contributed by atoms with E-state index in [2.05, 4.69) is 25.9 Å². The van der Waals surface area contributed by atoms with E-state index in [1.807, 2.05) is 43.4 Å². The highest BCUT2D eigenvalue weighted by Gasteiger charge is 2.22. The maximum atomic E-state index is 12.3. The highest BCUT2D eigenvalue weighted by molar-refractivity contribution is 8.14. The molecule has 0 N–H and O–H groups in total. The van der Waals surface area contributed by atoms with Crippen molar-refractivity contribution < 1.29 is 4.79 Å². The normalized spacial score (nSPS) is 11.6. The Morgan fingerprint density at radius 3 is 2.37 bits per heavy atom. The summed E-state index contributed by atoms with van der Waals surface area (Å²) in [6, 6.07) is 11.6. The molecule has 0 spiro atoms. The van der Waals surface area contributed by atoms with Gasteiger partial charge in [0.2, 0.25) is 5.12 Å². The Balaban J connectivity index is 2.23. The average Bonchev–Trinajstić information content (AvgIpc) is 2.72. The van der Waals surface area contributed by atoms with E-state index in [1.165, 1.54) is 11.8 Å². The molecule has 0 saturated carbocycles. The number of aryl methyl sites for hydroxylation is 1. The first-order valence-corrected chi connectivity index (χ1v) is 7.01. The van der Waals surface area contributed by atoms with Crippen LogP contribution in [0.25, 0.3) is 0 Å². The Labute approximate surface area is 118 Å². The van der Waals surface area contributed by atoms with E-state index in [0.717, 1.165) is 10.6 Å². The third-order valence-corrected chi connectivity index (χ3v) is 3.71. The second-order valence-electron chi connectivity index (χ2n) is 5.49. The number of carbonyl (C=O) groups is 1. The van der Waals surface area contributed by atoms with E-state index in [4.69, 9.17) is 0 Å². The zero-order chi connectivity index (χ0) is 14.0. The minimum Gasteiger partial charge on any atom is -0.279 e. The molecule has 0 fully saturated rings. The smallest absolute Gasteiger partial charge is 0.242 e. The lowest BCUT2D eigenvalue weighted by Gasteiger charge is -2.13. The lowest BCUT2D eigenvalue weighted by atomic mass is 9.92. The maximum absolute atomic E-state index is 12.3. The van der Waals surface area contributed by atoms with Gasteiger partial charge in [-0.15, -0.1) is 0 Å². The van der Waals surface area contributed by atoms with E-state index >= 15 is 0 Å². The van der Waals surface area contributed by atoms with Crippen LogP contribution in [-0.4, -0.2) is 14.9 Å². The molecule has 2 aromatic rings. The Hall–Kier alpha value is -1.55. The van der Waals surface area contributed by atoms with E-state index < -0.39 is 0 Å². The highest BCUT2D eigenvalue weighted by Crippen LogP contribution is 2.26. The molecule has 0 saturated heterocycles. The molecule has 0 aliphatic carbocycles. The van der Waals surface area contributed by atoms with Gasteiger partial charge in [0.05, 0.1) is 5.69 Å². The largest absolute Gasteiger partial charge is 0.279 e. The molecule has 0 aliphatic rings. The molecule has 1 aromatic heterocycles. The average molecular weight is 274 g/mol. The number of aromatic nitrogens is 2. The molecule has 3 nitrogen and oxygen atoms in total. The van der Waals surface area contributed by atoms with E-state index in [1.54, 1.807) is 4.68 Å². The first kappa shape index (κ1) is 13.9. The monoisotopic (exact) mass is 274 g/mol. The van der Waals surface area contributed by atoms with Crippen molar-refractivity contribution in [3.05, 3.63) is 47.8 Å². The van der Waals surface area contributed by atoms with Crippen LogP contribution in [0.15, 0.2) is 41.3 Å². The summed E-state index contributed by atoms with van der Waals surface area (Å²) in [5, 5.41) is 4.45. The molecule has 1 aromatic carbocycles. The summed E-state index contributed by atoms with van der Waals surface area (Å²) in [4.78, 5) is 13.2. The summed E-state index contributed by atoms with van der Waals surface area (Å²) >= 11 is 1.24. The lowest BCUT2D eigenvalue weighted by molar-refractivity contribution is 0.108. The van der Waals surface area contributed by atoms with Crippen molar-refractivity contribution in [2.75, 3.05) is 0 Å². The highest BCUT2D eigenvalue weighted by atomic mass is 32.2. The van der Waals surface area contributed by atoms with Crippen LogP contribution in [-0.2, 0) is 12.5 Å². The van der Waals surface area contributed by atoms with Crippen LogP contribution < -0.4 is 0 Å². The second-order valence-corrected chi connectivity index (χ2v) is 6.54. The van der Waals surface area contributed by atoms with Gasteiger partial charge < -0.3 is 0 Å².